The Morgan fingerprint density at radius 3 is 2.79 bits per heavy atom. The van der Waals surface area contributed by atoms with E-state index in [0.29, 0.717) is 30.9 Å². The van der Waals surface area contributed by atoms with E-state index in [4.69, 9.17) is 9.47 Å². The molecule has 7 nitrogen and oxygen atoms in total. The summed E-state index contributed by atoms with van der Waals surface area (Å²) < 4.78 is 12.0. The molecule has 2 N–H and O–H groups in total. The van der Waals surface area contributed by atoms with E-state index in [9.17, 15) is 19.8 Å². The van der Waals surface area contributed by atoms with E-state index in [2.05, 4.69) is 4.90 Å². The molecule has 2 aromatic rings. The standard InChI is InChI=1S/C27H27NO6/c29-18-4-2-1-3-17(18)25(31)33-20-8-7-16-13-21-27(32)10-9-19(30)24-26(27,22(16)23(20)34-24)11-12-28(21)14-15-5-6-15/h1-4,7-8,15,21,24,29,32H,5-6,9-14H2/t21-,24+,26+,27-/m1/s1. The molecule has 2 aromatic carbocycles. The molecule has 2 aliphatic heterocycles. The number of Topliss-reactive ketones (excluding diaryl/α,β-unsaturated/α-hetero) is 1. The Kier molecular flexibility index (Phi) is 4.11. The van der Waals surface area contributed by atoms with E-state index in [1.807, 2.05) is 6.07 Å². The Hall–Kier alpha value is -2.90. The highest BCUT2D eigenvalue weighted by Crippen LogP contribution is 2.65. The van der Waals surface area contributed by atoms with E-state index < -0.39 is 23.1 Å². The van der Waals surface area contributed by atoms with Gasteiger partial charge in [0.05, 0.1) is 11.0 Å². The van der Waals surface area contributed by atoms with Gasteiger partial charge in [0.2, 0.25) is 0 Å². The molecule has 2 heterocycles. The summed E-state index contributed by atoms with van der Waals surface area (Å²) in [6.45, 7) is 1.82. The second kappa shape index (κ2) is 6.83. The monoisotopic (exact) mass is 461 g/mol. The van der Waals surface area contributed by atoms with Gasteiger partial charge in [-0.05, 0) is 68.3 Å². The zero-order valence-corrected chi connectivity index (χ0v) is 18.8. The molecule has 3 fully saturated rings. The number of carbonyl (C=O) groups excluding carboxylic acids is 2. The second-order valence-corrected chi connectivity index (χ2v) is 10.6. The number of phenols is 1. The van der Waals surface area contributed by atoms with Gasteiger partial charge in [-0.1, -0.05) is 18.2 Å². The molecule has 0 aromatic heterocycles. The fraction of sp³-hybridized carbons (Fsp3) is 0.481. The summed E-state index contributed by atoms with van der Waals surface area (Å²) in [7, 11) is 0. The average Bonchev–Trinajstić information content (AvgIpc) is 3.56. The van der Waals surface area contributed by atoms with Crippen LogP contribution in [0.1, 0.15) is 53.6 Å². The third-order valence-electron chi connectivity index (χ3n) is 8.87. The van der Waals surface area contributed by atoms with Crippen LogP contribution in [0.4, 0.5) is 0 Å². The largest absolute Gasteiger partial charge is 0.507 e. The number of para-hydroxylation sites is 1. The molecule has 0 amide bonds. The topological polar surface area (TPSA) is 96.3 Å². The predicted molar refractivity (Wildman–Crippen MR) is 121 cm³/mol. The Balaban J connectivity index is 1.33. The summed E-state index contributed by atoms with van der Waals surface area (Å²) >= 11 is 0. The minimum Gasteiger partial charge on any atom is -0.507 e. The zero-order valence-electron chi connectivity index (χ0n) is 18.8. The molecule has 7 rings (SSSR count). The van der Waals surface area contributed by atoms with Crippen LogP contribution in [0, 0.1) is 5.92 Å². The van der Waals surface area contributed by atoms with E-state index in [-0.39, 0.29) is 35.3 Å². The average molecular weight is 462 g/mol. The number of aliphatic hydroxyl groups is 1. The van der Waals surface area contributed by atoms with Crippen molar-refractivity contribution in [3.63, 3.8) is 0 Å². The number of piperidine rings is 1. The molecule has 7 heteroatoms. The lowest BCUT2D eigenvalue weighted by Crippen LogP contribution is -2.76. The lowest BCUT2D eigenvalue weighted by Gasteiger charge is -2.62. The van der Waals surface area contributed by atoms with Crippen LogP contribution in [0.2, 0.25) is 0 Å². The maximum absolute atomic E-state index is 13.1. The molecule has 0 unspecified atom stereocenters. The van der Waals surface area contributed by atoms with Crippen LogP contribution in [0.25, 0.3) is 0 Å². The van der Waals surface area contributed by atoms with Crippen LogP contribution in [0.15, 0.2) is 36.4 Å². The third kappa shape index (κ3) is 2.54. The van der Waals surface area contributed by atoms with Gasteiger partial charge < -0.3 is 19.7 Å². The van der Waals surface area contributed by atoms with Gasteiger partial charge in [0.25, 0.3) is 0 Å². The highest BCUT2D eigenvalue weighted by Gasteiger charge is 2.73. The van der Waals surface area contributed by atoms with Crippen molar-refractivity contribution in [2.75, 3.05) is 13.1 Å². The number of carbonyl (C=O) groups is 2. The molecule has 34 heavy (non-hydrogen) atoms. The van der Waals surface area contributed by atoms with Crippen molar-refractivity contribution in [2.45, 2.75) is 61.7 Å². The maximum atomic E-state index is 13.1. The third-order valence-corrected chi connectivity index (χ3v) is 8.87. The molecule has 1 saturated heterocycles. The van der Waals surface area contributed by atoms with Gasteiger partial charge in [0, 0.05) is 24.6 Å². The molecular weight excluding hydrogens is 434 g/mol. The molecule has 176 valence electrons. The summed E-state index contributed by atoms with van der Waals surface area (Å²) in [5.74, 6) is 0.483. The summed E-state index contributed by atoms with van der Waals surface area (Å²) in [5, 5.41) is 22.4. The predicted octanol–water partition coefficient (Wildman–Crippen LogP) is 2.74. The number of likely N-dealkylation sites (tertiary alicyclic amines) is 1. The van der Waals surface area contributed by atoms with Crippen LogP contribution in [0.5, 0.6) is 17.2 Å². The van der Waals surface area contributed by atoms with Crippen molar-refractivity contribution in [3.05, 3.63) is 53.1 Å². The van der Waals surface area contributed by atoms with E-state index >= 15 is 0 Å². The van der Waals surface area contributed by atoms with Crippen LogP contribution < -0.4 is 9.47 Å². The van der Waals surface area contributed by atoms with Crippen molar-refractivity contribution in [3.8, 4) is 17.2 Å². The number of ether oxygens (including phenoxy) is 2. The number of esters is 1. The molecule has 3 aliphatic carbocycles. The van der Waals surface area contributed by atoms with E-state index in [1.165, 1.54) is 25.0 Å². The number of hydrogen-bond donors (Lipinski definition) is 2. The zero-order chi connectivity index (χ0) is 23.2. The summed E-state index contributed by atoms with van der Waals surface area (Å²) in [6, 6.07) is 9.84. The number of benzene rings is 2. The normalized spacial score (nSPS) is 33.3. The second-order valence-electron chi connectivity index (χ2n) is 10.6. The summed E-state index contributed by atoms with van der Waals surface area (Å²) in [5.41, 5.74) is 0.0922. The Morgan fingerprint density at radius 2 is 2.00 bits per heavy atom. The van der Waals surface area contributed by atoms with Crippen molar-refractivity contribution >= 4 is 11.8 Å². The molecular formula is C27H27NO6. The van der Waals surface area contributed by atoms with Gasteiger partial charge in [-0.3, -0.25) is 9.69 Å². The van der Waals surface area contributed by atoms with E-state index in [0.717, 1.165) is 24.2 Å². The fourth-order valence-electron chi connectivity index (χ4n) is 7.13. The first-order chi connectivity index (χ1) is 16.4. The smallest absolute Gasteiger partial charge is 0.347 e. The van der Waals surface area contributed by atoms with Crippen LogP contribution >= 0.6 is 0 Å². The number of phenolic OH excluding ortho intramolecular Hbond substituents is 1. The van der Waals surface area contributed by atoms with E-state index in [1.54, 1.807) is 18.2 Å². The number of ketones is 1. The van der Waals surface area contributed by atoms with Crippen LogP contribution in [-0.4, -0.2) is 57.7 Å². The number of rotatable bonds is 4. The molecule has 4 atom stereocenters. The molecule has 0 radical (unpaired) electrons. The van der Waals surface area contributed by atoms with Gasteiger partial charge in [-0.25, -0.2) is 4.79 Å². The lowest BCUT2D eigenvalue weighted by molar-refractivity contribution is -0.188. The van der Waals surface area contributed by atoms with Gasteiger partial charge in [-0.2, -0.15) is 0 Å². The summed E-state index contributed by atoms with van der Waals surface area (Å²) in [4.78, 5) is 28.4. The highest BCUT2D eigenvalue weighted by atomic mass is 16.6. The molecule has 1 spiro atoms. The molecule has 2 bridgehead atoms. The van der Waals surface area contributed by atoms with Crippen LogP contribution in [-0.2, 0) is 16.6 Å². The van der Waals surface area contributed by atoms with Gasteiger partial charge in [0.1, 0.15) is 11.3 Å². The van der Waals surface area contributed by atoms with Crippen molar-refractivity contribution < 1.29 is 29.3 Å². The first-order valence-corrected chi connectivity index (χ1v) is 12.2. The Bertz CT molecular complexity index is 1240. The van der Waals surface area contributed by atoms with Gasteiger partial charge in [0.15, 0.2) is 23.4 Å². The van der Waals surface area contributed by atoms with Crippen molar-refractivity contribution in [1.82, 2.24) is 4.90 Å². The van der Waals surface area contributed by atoms with Crippen molar-refractivity contribution in [1.29, 1.82) is 0 Å². The van der Waals surface area contributed by atoms with Crippen LogP contribution in [0.3, 0.4) is 0 Å². The van der Waals surface area contributed by atoms with Crippen molar-refractivity contribution in [2.24, 2.45) is 5.92 Å². The minimum absolute atomic E-state index is 0.00102. The van der Waals surface area contributed by atoms with Gasteiger partial charge >= 0.3 is 5.97 Å². The number of aromatic hydroxyl groups is 1. The lowest BCUT2D eigenvalue weighted by atomic mass is 9.49. The maximum Gasteiger partial charge on any atom is 0.347 e. The fourth-order valence-corrected chi connectivity index (χ4v) is 7.13. The molecule has 2 saturated carbocycles. The molecule has 5 aliphatic rings. The number of hydrogen-bond acceptors (Lipinski definition) is 7. The first-order valence-electron chi connectivity index (χ1n) is 12.2. The summed E-state index contributed by atoms with van der Waals surface area (Å²) in [6.07, 6.45) is 3.78. The minimum atomic E-state index is -1.06. The Morgan fingerprint density at radius 1 is 1.18 bits per heavy atom. The number of nitrogens with zero attached hydrogens (tertiary/aromatic N) is 1. The SMILES string of the molecule is O=C(Oc1ccc2c3c1O[C@H]1C(=O)CC[C@@]4(O)[C@@H](C2)N(CC2CC2)CC[C@]314)c1ccccc1O. The highest BCUT2D eigenvalue weighted by molar-refractivity contribution is 5.95. The first kappa shape index (κ1) is 20.5. The van der Waals surface area contributed by atoms with Gasteiger partial charge in [-0.15, -0.1) is 0 Å². The Labute approximate surface area is 197 Å². The quantitative estimate of drug-likeness (QED) is 0.534.